The first-order chi connectivity index (χ1) is 14.2. The number of nitrogens with one attached hydrogen (secondary N) is 1. The first-order valence-corrected chi connectivity index (χ1v) is 9.89. The second-order valence-electron chi connectivity index (χ2n) is 7.74. The number of hydrogen-bond acceptors (Lipinski definition) is 4. The fourth-order valence-electron chi connectivity index (χ4n) is 4.47. The quantitative estimate of drug-likeness (QED) is 0.549. The van der Waals surface area contributed by atoms with Crippen molar-refractivity contribution < 1.29 is 14.6 Å². The highest BCUT2D eigenvalue weighted by Gasteiger charge is 2.37. The summed E-state index contributed by atoms with van der Waals surface area (Å²) in [5, 5.41) is 19.1. The van der Waals surface area contributed by atoms with Crippen LogP contribution in [-0.2, 0) is 12.0 Å². The van der Waals surface area contributed by atoms with Gasteiger partial charge in [-0.15, -0.1) is 0 Å². The summed E-state index contributed by atoms with van der Waals surface area (Å²) in [6.07, 6.45) is 7.18. The molecule has 6 rings (SSSR count). The number of aliphatic hydroxyl groups is 1. The Morgan fingerprint density at radius 1 is 1.03 bits per heavy atom. The molecule has 2 aromatic carbocycles. The molecule has 0 bridgehead atoms. The molecule has 0 spiro atoms. The van der Waals surface area contributed by atoms with E-state index in [4.69, 9.17) is 9.47 Å². The topological polar surface area (TPSA) is 67.4 Å². The summed E-state index contributed by atoms with van der Waals surface area (Å²) in [6, 6.07) is 14.3. The number of allylic oxidation sites excluding steroid dienone is 2. The molecule has 1 unspecified atom stereocenters. The number of rotatable bonds is 2. The number of nitrogens with zero attached hydrogens (tertiary/aromatic N) is 1. The van der Waals surface area contributed by atoms with Crippen LogP contribution in [0.3, 0.4) is 0 Å². The Morgan fingerprint density at radius 3 is 2.59 bits per heavy atom. The SMILES string of the molecule is OC1(c2[nH]nc3c2Cc2cc4c(cc2-3)OCCO4)C=CC(c2ccccc2)=CC1. The molecule has 2 heterocycles. The van der Waals surface area contributed by atoms with Gasteiger partial charge in [0.2, 0.25) is 0 Å². The van der Waals surface area contributed by atoms with E-state index in [1.807, 2.05) is 42.5 Å². The van der Waals surface area contributed by atoms with Gasteiger partial charge in [0.25, 0.3) is 0 Å². The zero-order valence-corrected chi connectivity index (χ0v) is 15.8. The molecule has 1 atom stereocenters. The largest absolute Gasteiger partial charge is 0.486 e. The van der Waals surface area contributed by atoms with Gasteiger partial charge in [-0.05, 0) is 34.9 Å². The van der Waals surface area contributed by atoms with E-state index in [1.54, 1.807) is 0 Å². The number of H-pyrrole nitrogens is 1. The molecular formula is C24H20N2O3. The molecule has 29 heavy (non-hydrogen) atoms. The molecule has 2 N–H and O–H groups in total. The van der Waals surface area contributed by atoms with Crippen molar-refractivity contribution in [1.29, 1.82) is 0 Å². The molecule has 144 valence electrons. The molecular weight excluding hydrogens is 364 g/mol. The first-order valence-electron chi connectivity index (χ1n) is 9.89. The van der Waals surface area contributed by atoms with Crippen LogP contribution in [0.1, 0.15) is 28.8 Å². The van der Waals surface area contributed by atoms with Crippen molar-refractivity contribution in [2.75, 3.05) is 13.2 Å². The lowest BCUT2D eigenvalue weighted by Crippen LogP contribution is -2.26. The third-order valence-electron chi connectivity index (χ3n) is 5.97. The Morgan fingerprint density at radius 2 is 1.83 bits per heavy atom. The van der Waals surface area contributed by atoms with Gasteiger partial charge in [0.15, 0.2) is 11.5 Å². The Hall–Kier alpha value is -3.31. The van der Waals surface area contributed by atoms with Crippen LogP contribution in [-0.4, -0.2) is 28.5 Å². The molecule has 5 nitrogen and oxygen atoms in total. The zero-order chi connectivity index (χ0) is 19.4. The molecule has 1 aliphatic heterocycles. The minimum atomic E-state index is -1.09. The highest BCUT2D eigenvalue weighted by atomic mass is 16.6. The van der Waals surface area contributed by atoms with Gasteiger partial charge < -0.3 is 14.6 Å². The molecule has 2 aliphatic carbocycles. The molecule has 0 radical (unpaired) electrons. The zero-order valence-electron chi connectivity index (χ0n) is 15.8. The van der Waals surface area contributed by atoms with Crippen molar-refractivity contribution in [3.05, 3.63) is 83.1 Å². The van der Waals surface area contributed by atoms with E-state index >= 15 is 0 Å². The van der Waals surface area contributed by atoms with E-state index in [0.29, 0.717) is 19.6 Å². The Kier molecular flexibility index (Phi) is 3.49. The predicted molar refractivity (Wildman–Crippen MR) is 110 cm³/mol. The van der Waals surface area contributed by atoms with Gasteiger partial charge in [-0.3, -0.25) is 5.10 Å². The van der Waals surface area contributed by atoms with Gasteiger partial charge in [-0.1, -0.05) is 42.5 Å². The maximum atomic E-state index is 11.4. The van der Waals surface area contributed by atoms with Crippen molar-refractivity contribution in [3.8, 4) is 22.8 Å². The third-order valence-corrected chi connectivity index (χ3v) is 5.97. The predicted octanol–water partition coefficient (Wildman–Crippen LogP) is 3.98. The fraction of sp³-hybridized carbons (Fsp3) is 0.208. The molecule has 0 amide bonds. The fourth-order valence-corrected chi connectivity index (χ4v) is 4.47. The average Bonchev–Trinajstić information content (AvgIpc) is 3.33. The van der Waals surface area contributed by atoms with Gasteiger partial charge >= 0.3 is 0 Å². The number of hydrogen-bond donors (Lipinski definition) is 2. The summed E-state index contributed by atoms with van der Waals surface area (Å²) < 4.78 is 11.5. The molecule has 1 aromatic heterocycles. The minimum absolute atomic E-state index is 0.501. The molecule has 3 aliphatic rings. The van der Waals surface area contributed by atoms with Crippen molar-refractivity contribution in [2.45, 2.75) is 18.4 Å². The summed E-state index contributed by atoms with van der Waals surface area (Å²) in [4.78, 5) is 0. The van der Waals surface area contributed by atoms with Crippen LogP contribution in [0.25, 0.3) is 16.8 Å². The third kappa shape index (κ3) is 2.54. The Labute approximate surface area is 168 Å². The smallest absolute Gasteiger partial charge is 0.162 e. The lowest BCUT2D eigenvalue weighted by atomic mass is 9.85. The van der Waals surface area contributed by atoms with Gasteiger partial charge in [0, 0.05) is 24.0 Å². The van der Waals surface area contributed by atoms with Gasteiger partial charge in [-0.2, -0.15) is 5.10 Å². The lowest BCUT2D eigenvalue weighted by molar-refractivity contribution is 0.0863. The summed E-state index contributed by atoms with van der Waals surface area (Å²) in [7, 11) is 0. The number of aromatic amines is 1. The number of fused-ring (bicyclic) bond motifs is 4. The standard InChI is InChI=1S/C24H20N2O3/c27-24(8-6-16(7-9-24)15-4-2-1-3-5-15)23-19-12-17-13-20-21(29-11-10-28-20)14-18(17)22(19)25-26-23/h1-8,13-14,27H,9-12H2,(H,25,26). The van der Waals surface area contributed by atoms with Crippen molar-refractivity contribution in [2.24, 2.45) is 0 Å². The van der Waals surface area contributed by atoms with Crippen LogP contribution in [0.2, 0.25) is 0 Å². The van der Waals surface area contributed by atoms with Gasteiger partial charge in [-0.25, -0.2) is 0 Å². The summed E-state index contributed by atoms with van der Waals surface area (Å²) in [5.41, 5.74) is 6.10. The first kappa shape index (κ1) is 16.6. The lowest BCUT2D eigenvalue weighted by Gasteiger charge is -2.26. The van der Waals surface area contributed by atoms with Crippen LogP contribution >= 0.6 is 0 Å². The number of ether oxygens (including phenoxy) is 2. The van der Waals surface area contributed by atoms with Crippen LogP contribution < -0.4 is 9.47 Å². The van der Waals surface area contributed by atoms with E-state index in [0.717, 1.165) is 57.1 Å². The maximum absolute atomic E-state index is 11.4. The van der Waals surface area contributed by atoms with Crippen molar-refractivity contribution in [1.82, 2.24) is 10.2 Å². The highest BCUT2D eigenvalue weighted by Crippen LogP contribution is 2.46. The van der Waals surface area contributed by atoms with Gasteiger partial charge in [0.05, 0.1) is 11.4 Å². The second kappa shape index (κ2) is 6.09. The van der Waals surface area contributed by atoms with Gasteiger partial charge in [0.1, 0.15) is 18.8 Å². The maximum Gasteiger partial charge on any atom is 0.162 e. The molecule has 5 heteroatoms. The van der Waals surface area contributed by atoms with E-state index in [1.165, 1.54) is 0 Å². The van der Waals surface area contributed by atoms with E-state index in [9.17, 15) is 5.11 Å². The summed E-state index contributed by atoms with van der Waals surface area (Å²) in [5.74, 6) is 1.55. The number of aromatic nitrogens is 2. The minimum Gasteiger partial charge on any atom is -0.486 e. The normalized spacial score (nSPS) is 21.5. The van der Waals surface area contributed by atoms with Crippen LogP contribution in [0.15, 0.2) is 60.7 Å². The van der Waals surface area contributed by atoms with E-state index in [-0.39, 0.29) is 0 Å². The number of benzene rings is 2. The van der Waals surface area contributed by atoms with E-state index < -0.39 is 5.60 Å². The van der Waals surface area contributed by atoms with Crippen LogP contribution in [0.5, 0.6) is 11.5 Å². The summed E-state index contributed by atoms with van der Waals surface area (Å²) >= 11 is 0. The molecule has 3 aromatic rings. The van der Waals surface area contributed by atoms with Crippen molar-refractivity contribution in [3.63, 3.8) is 0 Å². The molecule has 0 saturated carbocycles. The Bertz CT molecular complexity index is 1180. The highest BCUT2D eigenvalue weighted by molar-refractivity contribution is 5.79. The van der Waals surface area contributed by atoms with Crippen LogP contribution in [0.4, 0.5) is 0 Å². The molecule has 0 fully saturated rings. The summed E-state index contributed by atoms with van der Waals surface area (Å²) in [6.45, 7) is 1.13. The monoisotopic (exact) mass is 384 g/mol. The van der Waals surface area contributed by atoms with Crippen molar-refractivity contribution >= 4 is 5.57 Å². The molecule has 0 saturated heterocycles. The van der Waals surface area contributed by atoms with Crippen LogP contribution in [0, 0.1) is 0 Å². The van der Waals surface area contributed by atoms with E-state index in [2.05, 4.69) is 28.4 Å². The average molecular weight is 384 g/mol. The Balaban J connectivity index is 1.34. The second-order valence-corrected chi connectivity index (χ2v) is 7.74.